The van der Waals surface area contributed by atoms with E-state index in [0.29, 0.717) is 26.4 Å². The minimum Gasteiger partial charge on any atom is -0.463 e. The maximum atomic E-state index is 11.6. The van der Waals surface area contributed by atoms with Gasteiger partial charge in [-0.05, 0) is 25.7 Å². The van der Waals surface area contributed by atoms with Gasteiger partial charge in [-0.15, -0.1) is 0 Å². The van der Waals surface area contributed by atoms with Gasteiger partial charge in [0.2, 0.25) is 0 Å². The maximum Gasteiger partial charge on any atom is 0.331 e. The number of carbonyl (C=O) groups excluding carboxylic acids is 4. The van der Waals surface area contributed by atoms with Crippen molar-refractivity contribution in [2.45, 2.75) is 77.0 Å². The molecule has 180 valence electrons. The van der Waals surface area contributed by atoms with E-state index in [-0.39, 0.29) is 0 Å². The highest BCUT2D eigenvalue weighted by atomic mass is 16.5. The summed E-state index contributed by atoms with van der Waals surface area (Å²) < 4.78 is 20.2. The van der Waals surface area contributed by atoms with Crippen LogP contribution in [0.1, 0.15) is 77.0 Å². The van der Waals surface area contributed by atoms with Crippen molar-refractivity contribution in [1.82, 2.24) is 0 Å². The Morgan fingerprint density at radius 1 is 0.344 bits per heavy atom. The van der Waals surface area contributed by atoms with Gasteiger partial charge in [-0.2, -0.15) is 0 Å². The monoisotopic (exact) mass is 452 g/mol. The molecule has 0 saturated heterocycles. The van der Waals surface area contributed by atoms with Crippen molar-refractivity contribution in [3.63, 3.8) is 0 Å². The Hall–Kier alpha value is -2.64. The molecule has 0 bridgehead atoms. The van der Waals surface area contributed by atoms with Crippen LogP contribution in [0.3, 0.4) is 0 Å². The second-order valence-electron chi connectivity index (χ2n) is 7.58. The molecule has 8 nitrogen and oxygen atoms in total. The minimum absolute atomic E-state index is 0.310. The Kier molecular flexibility index (Phi) is 16.3. The zero-order valence-electron chi connectivity index (χ0n) is 18.9. The number of esters is 4. The van der Waals surface area contributed by atoms with E-state index in [1.165, 1.54) is 0 Å². The number of cyclic esters (lactones) is 4. The summed E-state index contributed by atoms with van der Waals surface area (Å²) in [7, 11) is 0. The topological polar surface area (TPSA) is 105 Å². The third-order valence-corrected chi connectivity index (χ3v) is 4.77. The normalized spacial score (nSPS) is 22.8. The van der Waals surface area contributed by atoms with E-state index < -0.39 is 23.9 Å². The van der Waals surface area contributed by atoms with Crippen LogP contribution in [0.4, 0.5) is 0 Å². The summed E-state index contributed by atoms with van der Waals surface area (Å²) in [6.07, 6.45) is 15.0. The van der Waals surface area contributed by atoms with Crippen molar-refractivity contribution in [2.24, 2.45) is 0 Å². The number of hydrogen-bond donors (Lipinski definition) is 0. The zero-order chi connectivity index (χ0) is 23.3. The van der Waals surface area contributed by atoms with Crippen LogP contribution in [-0.4, -0.2) is 50.3 Å². The number of hydrogen-bond acceptors (Lipinski definition) is 8. The van der Waals surface area contributed by atoms with Gasteiger partial charge in [0.1, 0.15) is 0 Å². The van der Waals surface area contributed by atoms with E-state index >= 15 is 0 Å². The van der Waals surface area contributed by atoms with Crippen molar-refractivity contribution in [3.8, 4) is 0 Å². The van der Waals surface area contributed by atoms with Crippen molar-refractivity contribution >= 4 is 23.9 Å². The minimum atomic E-state index is -0.545. The molecule has 0 aromatic heterocycles. The Labute approximate surface area is 190 Å². The molecule has 8 heteroatoms. The predicted molar refractivity (Wildman–Crippen MR) is 118 cm³/mol. The van der Waals surface area contributed by atoms with Gasteiger partial charge < -0.3 is 18.9 Å². The maximum absolute atomic E-state index is 11.6. The largest absolute Gasteiger partial charge is 0.463 e. The molecular weight excluding hydrogens is 416 g/mol. The third-order valence-electron chi connectivity index (χ3n) is 4.77. The van der Waals surface area contributed by atoms with Crippen LogP contribution in [0.2, 0.25) is 0 Å². The van der Waals surface area contributed by atoms with Gasteiger partial charge in [0, 0.05) is 24.3 Å². The Balaban J connectivity index is 2.34. The summed E-state index contributed by atoms with van der Waals surface area (Å²) in [5.74, 6) is -2.18. The lowest BCUT2D eigenvalue weighted by molar-refractivity contribution is -0.140. The fourth-order valence-corrected chi connectivity index (χ4v) is 2.98. The smallest absolute Gasteiger partial charge is 0.331 e. The van der Waals surface area contributed by atoms with Crippen LogP contribution in [-0.2, 0) is 38.1 Å². The summed E-state index contributed by atoms with van der Waals surface area (Å²) in [6, 6.07) is 0. The molecule has 1 rings (SSSR count). The van der Waals surface area contributed by atoms with Crippen LogP contribution in [0.5, 0.6) is 0 Å². The summed E-state index contributed by atoms with van der Waals surface area (Å²) in [4.78, 5) is 46.4. The first-order chi connectivity index (χ1) is 15.6. The summed E-state index contributed by atoms with van der Waals surface area (Å²) in [5.41, 5.74) is 0. The van der Waals surface area contributed by atoms with E-state index in [9.17, 15) is 19.2 Å². The molecule has 0 unspecified atom stereocenters. The molecular formula is C24H36O8. The van der Waals surface area contributed by atoms with E-state index in [0.717, 1.165) is 101 Å². The van der Waals surface area contributed by atoms with Gasteiger partial charge >= 0.3 is 23.9 Å². The second kappa shape index (κ2) is 19.1. The van der Waals surface area contributed by atoms with Crippen molar-refractivity contribution < 1.29 is 38.1 Å². The number of rotatable bonds is 0. The van der Waals surface area contributed by atoms with Crippen LogP contribution in [0.15, 0.2) is 24.3 Å². The molecule has 0 aliphatic carbocycles. The lowest BCUT2D eigenvalue weighted by Gasteiger charge is -2.05. The molecule has 1 heterocycles. The standard InChI is InChI=1S/C24H36O8/c25-21-13-14-23(27)31-19-11-7-3-4-8-12-20-32-24(28)16-15-22(26)30-18-10-6-2-1-5-9-17-29-21/h13-16H,1-12,17-20H2/b14-13-,16-15-. The molecule has 0 atom stereocenters. The molecule has 0 amide bonds. The Morgan fingerprint density at radius 3 is 0.750 bits per heavy atom. The highest BCUT2D eigenvalue weighted by Crippen LogP contribution is 2.07. The first-order valence-electron chi connectivity index (χ1n) is 11.6. The quantitative estimate of drug-likeness (QED) is 0.402. The SMILES string of the molecule is O=C1/C=C\C(=O)OCCCCCCCCOC(=O)/C=C\C(=O)OCCCCCCCCO1. The van der Waals surface area contributed by atoms with Crippen LogP contribution >= 0.6 is 0 Å². The van der Waals surface area contributed by atoms with Gasteiger partial charge in [0.05, 0.1) is 26.4 Å². The molecule has 0 radical (unpaired) electrons. The first-order valence-corrected chi connectivity index (χ1v) is 11.6. The molecule has 32 heavy (non-hydrogen) atoms. The Bertz CT molecular complexity index is 517. The summed E-state index contributed by atoms with van der Waals surface area (Å²) in [5, 5.41) is 0. The van der Waals surface area contributed by atoms with Crippen molar-refractivity contribution in [2.75, 3.05) is 26.4 Å². The molecule has 0 N–H and O–H groups in total. The van der Waals surface area contributed by atoms with Gasteiger partial charge in [0.15, 0.2) is 0 Å². The lowest BCUT2D eigenvalue weighted by Crippen LogP contribution is -2.06. The van der Waals surface area contributed by atoms with E-state index in [1.54, 1.807) is 0 Å². The lowest BCUT2D eigenvalue weighted by atomic mass is 10.1. The highest BCUT2D eigenvalue weighted by molar-refractivity contribution is 5.92. The van der Waals surface area contributed by atoms with E-state index in [2.05, 4.69) is 0 Å². The van der Waals surface area contributed by atoms with Gasteiger partial charge in [0.25, 0.3) is 0 Å². The molecule has 0 fully saturated rings. The van der Waals surface area contributed by atoms with E-state index in [4.69, 9.17) is 18.9 Å². The molecule has 0 aromatic rings. The van der Waals surface area contributed by atoms with E-state index in [1.807, 2.05) is 0 Å². The number of ether oxygens (including phenoxy) is 4. The molecule has 1 aliphatic heterocycles. The zero-order valence-corrected chi connectivity index (χ0v) is 18.9. The summed E-state index contributed by atoms with van der Waals surface area (Å²) in [6.45, 7) is 1.24. The highest BCUT2D eigenvalue weighted by Gasteiger charge is 2.03. The molecule has 1 aliphatic rings. The van der Waals surface area contributed by atoms with Gasteiger partial charge in [-0.25, -0.2) is 19.2 Å². The first kappa shape index (κ1) is 27.4. The number of carbonyl (C=O) groups is 4. The fraction of sp³-hybridized carbons (Fsp3) is 0.667. The average Bonchev–Trinajstić information content (AvgIpc) is 2.78. The van der Waals surface area contributed by atoms with Gasteiger partial charge in [-0.1, -0.05) is 51.4 Å². The van der Waals surface area contributed by atoms with Crippen molar-refractivity contribution in [1.29, 1.82) is 0 Å². The van der Waals surface area contributed by atoms with Gasteiger partial charge in [-0.3, -0.25) is 0 Å². The fourth-order valence-electron chi connectivity index (χ4n) is 2.98. The average molecular weight is 453 g/mol. The predicted octanol–water partition coefficient (Wildman–Crippen LogP) is 3.97. The molecule has 0 spiro atoms. The van der Waals surface area contributed by atoms with Crippen LogP contribution in [0.25, 0.3) is 0 Å². The molecule has 0 aromatic carbocycles. The second-order valence-corrected chi connectivity index (χ2v) is 7.58. The third kappa shape index (κ3) is 17.1. The van der Waals surface area contributed by atoms with Crippen LogP contribution in [0, 0.1) is 0 Å². The summed E-state index contributed by atoms with van der Waals surface area (Å²) >= 11 is 0. The van der Waals surface area contributed by atoms with Crippen LogP contribution < -0.4 is 0 Å². The molecule has 0 saturated carbocycles. The van der Waals surface area contributed by atoms with Crippen molar-refractivity contribution in [3.05, 3.63) is 24.3 Å². The Morgan fingerprint density at radius 2 is 0.531 bits per heavy atom.